The van der Waals surface area contributed by atoms with Crippen LogP contribution < -0.4 is 9.37 Å². The maximum atomic E-state index is 12.3. The van der Waals surface area contributed by atoms with Crippen LogP contribution in [0.25, 0.3) is 0 Å². The van der Waals surface area contributed by atoms with E-state index in [1.54, 1.807) is 19.6 Å². The zero-order valence-electron chi connectivity index (χ0n) is 10.2. The maximum Gasteiger partial charge on any atom is 0.534 e. The third-order valence-corrected chi connectivity index (χ3v) is 5.22. The summed E-state index contributed by atoms with van der Waals surface area (Å²) in [6.07, 6.45) is 1.03. The number of hydrogen-bond donors (Lipinski definition) is 0. The lowest BCUT2D eigenvalue weighted by molar-refractivity contribution is -0.0501. The van der Waals surface area contributed by atoms with Gasteiger partial charge >= 0.3 is 15.6 Å². The molecule has 0 fully saturated rings. The standard InChI is InChI=1S/C9H11ClF3NO3SSi/c1-19(2,3)7-4-6(10)5-14-8(7)17-18(15,16)9(11,12)13/h4-5H,1-3H3. The van der Waals surface area contributed by atoms with Crippen LogP contribution in [0.15, 0.2) is 12.3 Å². The van der Waals surface area contributed by atoms with Gasteiger partial charge in [-0.3, -0.25) is 0 Å². The van der Waals surface area contributed by atoms with Crippen molar-refractivity contribution in [3.63, 3.8) is 0 Å². The normalized spacial score (nSPS) is 13.4. The Balaban J connectivity index is 3.31. The average Bonchev–Trinajstić information content (AvgIpc) is 2.17. The zero-order valence-corrected chi connectivity index (χ0v) is 12.8. The number of rotatable bonds is 3. The van der Waals surface area contributed by atoms with Gasteiger partial charge in [-0.2, -0.15) is 21.6 Å². The molecule has 0 aliphatic carbocycles. The van der Waals surface area contributed by atoms with Gasteiger partial charge in [0, 0.05) is 11.4 Å². The molecule has 0 aromatic carbocycles. The van der Waals surface area contributed by atoms with Crippen LogP contribution in [-0.4, -0.2) is 27.0 Å². The Kier molecular flexibility index (Phi) is 4.23. The third-order valence-electron chi connectivity index (χ3n) is 2.10. The van der Waals surface area contributed by atoms with Crippen molar-refractivity contribution in [3.8, 4) is 5.88 Å². The Morgan fingerprint density at radius 3 is 2.26 bits per heavy atom. The van der Waals surface area contributed by atoms with Crippen molar-refractivity contribution in [2.24, 2.45) is 0 Å². The summed E-state index contributed by atoms with van der Waals surface area (Å²) in [5, 5.41) is 0.502. The first-order valence-corrected chi connectivity index (χ1v) is 10.3. The number of hydrogen-bond acceptors (Lipinski definition) is 4. The fourth-order valence-electron chi connectivity index (χ4n) is 1.18. The van der Waals surface area contributed by atoms with Gasteiger partial charge in [0.1, 0.15) is 0 Å². The van der Waals surface area contributed by atoms with Gasteiger partial charge in [0.15, 0.2) is 0 Å². The van der Waals surface area contributed by atoms with E-state index < -0.39 is 29.6 Å². The summed E-state index contributed by atoms with van der Waals surface area (Å²) in [4.78, 5) is 3.54. The lowest BCUT2D eigenvalue weighted by Gasteiger charge is -2.20. The summed E-state index contributed by atoms with van der Waals surface area (Å²) in [5.74, 6) is -0.569. The molecule has 10 heteroatoms. The number of aromatic nitrogens is 1. The molecular weight excluding hydrogens is 323 g/mol. The van der Waals surface area contributed by atoms with Crippen LogP contribution in [0.4, 0.5) is 13.2 Å². The van der Waals surface area contributed by atoms with Crippen molar-refractivity contribution in [2.75, 3.05) is 0 Å². The SMILES string of the molecule is C[Si](C)(C)c1cc(Cl)cnc1OS(=O)(=O)C(F)(F)F. The molecular formula is C9H11ClF3NO3SSi. The van der Waals surface area contributed by atoms with Crippen LogP contribution in [0.2, 0.25) is 24.7 Å². The van der Waals surface area contributed by atoms with E-state index in [0.29, 0.717) is 5.19 Å². The smallest absolute Gasteiger partial charge is 0.355 e. The largest absolute Gasteiger partial charge is 0.534 e. The number of nitrogens with zero attached hydrogens (tertiary/aromatic N) is 1. The summed E-state index contributed by atoms with van der Waals surface area (Å²) in [5.41, 5.74) is -5.50. The summed E-state index contributed by atoms with van der Waals surface area (Å²) < 4.78 is 62.9. The first-order chi connectivity index (χ1) is 8.34. The van der Waals surface area contributed by atoms with E-state index in [4.69, 9.17) is 11.6 Å². The minimum atomic E-state index is -5.73. The van der Waals surface area contributed by atoms with E-state index >= 15 is 0 Å². The molecule has 0 amide bonds. The number of pyridine rings is 1. The molecule has 0 bridgehead atoms. The van der Waals surface area contributed by atoms with Crippen LogP contribution in [0.1, 0.15) is 0 Å². The molecule has 0 saturated carbocycles. The molecule has 1 rings (SSSR count). The molecule has 108 valence electrons. The van der Waals surface area contributed by atoms with Gasteiger partial charge < -0.3 is 4.18 Å². The Hall–Kier alpha value is -0.803. The van der Waals surface area contributed by atoms with E-state index in [1.165, 1.54) is 6.07 Å². The predicted octanol–water partition coefficient (Wildman–Crippen LogP) is 2.51. The Labute approximate surface area is 114 Å². The summed E-state index contributed by atoms with van der Waals surface area (Å²) in [6, 6.07) is 1.38. The van der Waals surface area contributed by atoms with E-state index in [2.05, 4.69) is 9.17 Å². The maximum absolute atomic E-state index is 12.3. The van der Waals surface area contributed by atoms with Gasteiger partial charge in [-0.1, -0.05) is 31.2 Å². The number of halogens is 4. The van der Waals surface area contributed by atoms with E-state index in [1.807, 2.05) is 0 Å². The summed E-state index contributed by atoms with van der Waals surface area (Å²) in [7, 11) is -7.90. The molecule has 1 heterocycles. The first kappa shape index (κ1) is 16.3. The first-order valence-electron chi connectivity index (χ1n) is 5.01. The highest BCUT2D eigenvalue weighted by Crippen LogP contribution is 2.26. The van der Waals surface area contributed by atoms with Crippen molar-refractivity contribution in [1.82, 2.24) is 4.98 Å². The van der Waals surface area contributed by atoms with Crippen LogP contribution in [-0.2, 0) is 10.1 Å². The molecule has 0 aliphatic heterocycles. The Morgan fingerprint density at radius 2 is 1.84 bits per heavy atom. The van der Waals surface area contributed by atoms with Crippen molar-refractivity contribution in [3.05, 3.63) is 17.3 Å². The second kappa shape index (κ2) is 4.95. The molecule has 0 saturated heterocycles. The molecule has 0 spiro atoms. The van der Waals surface area contributed by atoms with Gasteiger partial charge in [0.25, 0.3) is 0 Å². The highest BCUT2D eigenvalue weighted by molar-refractivity contribution is 7.88. The van der Waals surface area contributed by atoms with Gasteiger partial charge in [-0.05, 0) is 6.07 Å². The second-order valence-corrected chi connectivity index (χ2v) is 11.8. The monoisotopic (exact) mass is 333 g/mol. The Morgan fingerprint density at radius 1 is 1.32 bits per heavy atom. The lowest BCUT2D eigenvalue weighted by atomic mass is 10.5. The third kappa shape index (κ3) is 3.83. The minimum absolute atomic E-state index is 0.203. The van der Waals surface area contributed by atoms with Crippen LogP contribution in [0, 0.1) is 0 Å². The van der Waals surface area contributed by atoms with E-state index in [0.717, 1.165) is 6.20 Å². The topological polar surface area (TPSA) is 56.3 Å². The summed E-state index contributed by atoms with van der Waals surface area (Å²) >= 11 is 5.72. The minimum Gasteiger partial charge on any atom is -0.355 e. The molecule has 1 aromatic rings. The average molecular weight is 334 g/mol. The fraction of sp³-hybridized carbons (Fsp3) is 0.444. The molecule has 19 heavy (non-hydrogen) atoms. The van der Waals surface area contributed by atoms with Crippen molar-refractivity contribution >= 4 is 35.0 Å². The second-order valence-electron chi connectivity index (χ2n) is 4.74. The highest BCUT2D eigenvalue weighted by Gasteiger charge is 2.49. The number of alkyl halides is 3. The van der Waals surface area contributed by atoms with Gasteiger partial charge in [-0.15, -0.1) is 0 Å². The molecule has 4 nitrogen and oxygen atoms in total. The lowest BCUT2D eigenvalue weighted by Crippen LogP contribution is -2.41. The van der Waals surface area contributed by atoms with Crippen LogP contribution in [0.5, 0.6) is 5.88 Å². The van der Waals surface area contributed by atoms with Crippen molar-refractivity contribution in [1.29, 1.82) is 0 Å². The van der Waals surface area contributed by atoms with Gasteiger partial charge in [-0.25, -0.2) is 4.98 Å². The Bertz CT molecular complexity index is 583. The quantitative estimate of drug-likeness (QED) is 0.484. The zero-order chi connectivity index (χ0) is 15.1. The highest BCUT2D eigenvalue weighted by atomic mass is 35.5. The summed E-state index contributed by atoms with van der Waals surface area (Å²) in [6.45, 7) is 5.40. The van der Waals surface area contributed by atoms with Gasteiger partial charge in [0.2, 0.25) is 5.88 Å². The molecule has 0 radical (unpaired) electrons. The fourth-order valence-corrected chi connectivity index (χ4v) is 3.29. The predicted molar refractivity (Wildman–Crippen MR) is 67.8 cm³/mol. The van der Waals surface area contributed by atoms with Crippen molar-refractivity contribution in [2.45, 2.75) is 25.1 Å². The molecule has 0 unspecified atom stereocenters. The molecule has 0 aliphatic rings. The van der Waals surface area contributed by atoms with Gasteiger partial charge in [0.05, 0.1) is 13.1 Å². The molecule has 0 N–H and O–H groups in total. The van der Waals surface area contributed by atoms with E-state index in [9.17, 15) is 21.6 Å². The van der Waals surface area contributed by atoms with Crippen molar-refractivity contribution < 1.29 is 25.8 Å². The van der Waals surface area contributed by atoms with E-state index in [-0.39, 0.29) is 5.02 Å². The molecule has 1 aromatic heterocycles. The molecule has 0 atom stereocenters. The van der Waals surface area contributed by atoms with Crippen LogP contribution >= 0.6 is 11.6 Å². The van der Waals surface area contributed by atoms with Crippen LogP contribution in [0.3, 0.4) is 0 Å².